The molecule has 1 saturated heterocycles. The van der Waals surface area contributed by atoms with Gasteiger partial charge in [0.1, 0.15) is 23.8 Å². The Labute approximate surface area is 192 Å². The van der Waals surface area contributed by atoms with Gasteiger partial charge in [-0.25, -0.2) is 18.7 Å². The minimum absolute atomic E-state index is 0.132. The van der Waals surface area contributed by atoms with Gasteiger partial charge in [-0.15, -0.1) is 0 Å². The molecule has 0 unspecified atom stereocenters. The van der Waals surface area contributed by atoms with E-state index in [0.717, 1.165) is 17.4 Å². The molecular weight excluding hydrogens is 428 g/mol. The maximum absolute atomic E-state index is 13.9. The van der Waals surface area contributed by atoms with Gasteiger partial charge in [-0.3, -0.25) is 4.79 Å². The second-order valence-electron chi connectivity index (χ2n) is 9.28. The number of carbonyl (C=O) groups excluding carboxylic acids is 1. The largest absolute Gasteiger partial charge is 0.387 e. The molecule has 2 aliphatic rings. The zero-order chi connectivity index (χ0) is 23.7. The van der Waals surface area contributed by atoms with Crippen molar-refractivity contribution in [3.05, 3.63) is 53.0 Å². The van der Waals surface area contributed by atoms with Crippen molar-refractivity contribution < 1.29 is 18.7 Å². The number of halogens is 2. The van der Waals surface area contributed by atoms with E-state index in [1.54, 1.807) is 4.90 Å². The fraction of sp³-hybridized carbons (Fsp3) is 0.542. The molecule has 0 saturated carbocycles. The van der Waals surface area contributed by atoms with Crippen LogP contribution in [0.25, 0.3) is 0 Å². The summed E-state index contributed by atoms with van der Waals surface area (Å²) in [6.07, 6.45) is 1.55. The van der Waals surface area contributed by atoms with Gasteiger partial charge in [0.15, 0.2) is 0 Å². The lowest BCUT2D eigenvalue weighted by atomic mass is 9.96. The van der Waals surface area contributed by atoms with Crippen LogP contribution in [0.4, 0.5) is 14.6 Å². The lowest BCUT2D eigenvalue weighted by molar-refractivity contribution is -0.133. The van der Waals surface area contributed by atoms with Crippen LogP contribution in [0.3, 0.4) is 0 Å². The Bertz CT molecular complexity index is 990. The van der Waals surface area contributed by atoms with Crippen molar-refractivity contribution in [2.75, 3.05) is 37.6 Å². The summed E-state index contributed by atoms with van der Waals surface area (Å²) in [6.45, 7) is 8.41. The number of rotatable bonds is 6. The number of nitrogens with zero attached hydrogens (tertiary/aromatic N) is 4. The fourth-order valence-corrected chi connectivity index (χ4v) is 4.79. The quantitative estimate of drug-likeness (QED) is 0.692. The van der Waals surface area contributed by atoms with Gasteiger partial charge < -0.3 is 20.2 Å². The Morgan fingerprint density at radius 3 is 2.45 bits per heavy atom. The number of nitrogens with one attached hydrogen (secondary N) is 1. The Morgan fingerprint density at radius 2 is 1.82 bits per heavy atom. The molecule has 0 spiro atoms. The van der Waals surface area contributed by atoms with Crippen LogP contribution in [0.5, 0.6) is 0 Å². The normalized spacial score (nSPS) is 21.4. The van der Waals surface area contributed by atoms with Crippen molar-refractivity contribution >= 4 is 11.7 Å². The molecule has 0 bridgehead atoms. The van der Waals surface area contributed by atoms with Gasteiger partial charge in [-0.2, -0.15) is 0 Å². The van der Waals surface area contributed by atoms with E-state index in [4.69, 9.17) is 0 Å². The van der Waals surface area contributed by atoms with Crippen LogP contribution in [0.1, 0.15) is 62.0 Å². The maximum atomic E-state index is 13.9. The predicted molar refractivity (Wildman–Crippen MR) is 121 cm³/mol. The monoisotopic (exact) mass is 459 g/mol. The molecule has 1 aliphatic heterocycles. The van der Waals surface area contributed by atoms with Gasteiger partial charge in [-0.1, -0.05) is 20.8 Å². The van der Waals surface area contributed by atoms with Crippen molar-refractivity contribution in [1.29, 1.82) is 0 Å². The molecule has 2 heterocycles. The zero-order valence-corrected chi connectivity index (χ0v) is 19.3. The molecule has 1 aromatic carbocycles. The number of hydrogen-bond donors (Lipinski definition) is 2. The Balaban J connectivity index is 1.49. The fourth-order valence-electron chi connectivity index (χ4n) is 4.79. The first-order chi connectivity index (χ1) is 15.7. The number of aliphatic hydroxyl groups excluding tert-OH is 1. The highest BCUT2D eigenvalue weighted by Gasteiger charge is 2.35. The first-order valence-electron chi connectivity index (χ1n) is 11.5. The number of hydrogen-bond acceptors (Lipinski definition) is 6. The SMILES string of the molecule is CC(C)NC[C@@H](C(=O)N1CCN(c2ncnc3c2[C@H](C)C[C@H]3O)CC1)c1cc(F)cc(F)c1. The first-order valence-corrected chi connectivity index (χ1v) is 11.5. The molecule has 3 atom stereocenters. The topological polar surface area (TPSA) is 81.6 Å². The summed E-state index contributed by atoms with van der Waals surface area (Å²) in [5.74, 6) is -1.22. The predicted octanol–water partition coefficient (Wildman–Crippen LogP) is 2.73. The number of benzene rings is 1. The number of anilines is 1. The molecule has 7 nitrogen and oxygen atoms in total. The van der Waals surface area contributed by atoms with E-state index in [0.29, 0.717) is 50.4 Å². The highest BCUT2D eigenvalue weighted by Crippen LogP contribution is 2.42. The number of aliphatic hydroxyl groups is 1. The molecule has 2 aromatic rings. The molecule has 1 amide bonds. The van der Waals surface area contributed by atoms with E-state index >= 15 is 0 Å². The van der Waals surface area contributed by atoms with Crippen molar-refractivity contribution in [3.63, 3.8) is 0 Å². The summed E-state index contributed by atoms with van der Waals surface area (Å²) in [7, 11) is 0. The van der Waals surface area contributed by atoms with Gasteiger partial charge in [0.25, 0.3) is 0 Å². The number of aromatic nitrogens is 2. The third kappa shape index (κ3) is 4.99. The number of amides is 1. The molecule has 0 radical (unpaired) electrons. The Morgan fingerprint density at radius 1 is 1.15 bits per heavy atom. The van der Waals surface area contributed by atoms with Crippen LogP contribution in [-0.4, -0.2) is 64.6 Å². The third-order valence-electron chi connectivity index (χ3n) is 6.49. The summed E-state index contributed by atoms with van der Waals surface area (Å²) in [6, 6.07) is 3.42. The highest BCUT2D eigenvalue weighted by atomic mass is 19.1. The minimum atomic E-state index is -0.689. The van der Waals surface area contributed by atoms with Crippen LogP contribution < -0.4 is 10.2 Å². The van der Waals surface area contributed by atoms with Crippen LogP contribution >= 0.6 is 0 Å². The highest BCUT2D eigenvalue weighted by molar-refractivity contribution is 5.84. The van der Waals surface area contributed by atoms with Gasteiger partial charge >= 0.3 is 0 Å². The Hall–Kier alpha value is -2.65. The van der Waals surface area contributed by atoms with Crippen molar-refractivity contribution in [1.82, 2.24) is 20.2 Å². The van der Waals surface area contributed by atoms with Gasteiger partial charge in [0, 0.05) is 50.4 Å². The summed E-state index contributed by atoms with van der Waals surface area (Å²) >= 11 is 0. The standard InChI is InChI=1S/C24H31F2N5O2/c1-14(2)27-12-19(16-9-17(25)11-18(26)10-16)24(33)31-6-4-30(5-7-31)23-21-15(3)8-20(32)22(21)28-13-29-23/h9-11,13-15,19-20,27,32H,4-8,12H2,1-3H3/t15-,19-,20-/m1/s1. The number of piperazine rings is 1. The summed E-state index contributed by atoms with van der Waals surface area (Å²) in [4.78, 5) is 26.1. The van der Waals surface area contributed by atoms with Crippen molar-refractivity contribution in [2.24, 2.45) is 0 Å². The van der Waals surface area contributed by atoms with E-state index in [2.05, 4.69) is 27.1 Å². The van der Waals surface area contributed by atoms with Crippen molar-refractivity contribution in [2.45, 2.75) is 51.2 Å². The molecule has 1 aliphatic carbocycles. The molecule has 178 valence electrons. The van der Waals surface area contributed by atoms with Crippen LogP contribution in [-0.2, 0) is 4.79 Å². The molecule has 4 rings (SSSR count). The molecule has 33 heavy (non-hydrogen) atoms. The average Bonchev–Trinajstić information content (AvgIpc) is 3.07. The van der Waals surface area contributed by atoms with E-state index in [-0.39, 0.29) is 17.9 Å². The first kappa shape index (κ1) is 23.5. The average molecular weight is 460 g/mol. The number of fused-ring (bicyclic) bond motifs is 1. The Kier molecular flexibility index (Phi) is 6.90. The van der Waals surface area contributed by atoms with E-state index in [1.165, 1.54) is 18.5 Å². The smallest absolute Gasteiger partial charge is 0.231 e. The second kappa shape index (κ2) is 9.69. The second-order valence-corrected chi connectivity index (χ2v) is 9.28. The molecule has 1 fully saturated rings. The van der Waals surface area contributed by atoms with Crippen LogP contribution in [0.15, 0.2) is 24.5 Å². The summed E-state index contributed by atoms with van der Waals surface area (Å²) < 4.78 is 27.8. The minimum Gasteiger partial charge on any atom is -0.387 e. The van der Waals surface area contributed by atoms with Crippen LogP contribution in [0, 0.1) is 11.6 Å². The molecule has 1 aromatic heterocycles. The number of carbonyl (C=O) groups is 1. The van der Waals surface area contributed by atoms with E-state index in [1.807, 2.05) is 13.8 Å². The van der Waals surface area contributed by atoms with E-state index < -0.39 is 23.7 Å². The summed E-state index contributed by atoms with van der Waals surface area (Å²) in [5.41, 5.74) is 2.02. The maximum Gasteiger partial charge on any atom is 0.231 e. The van der Waals surface area contributed by atoms with Crippen LogP contribution in [0.2, 0.25) is 0 Å². The molecule has 9 heteroatoms. The molecular formula is C24H31F2N5O2. The molecule has 2 N–H and O–H groups in total. The summed E-state index contributed by atoms with van der Waals surface area (Å²) in [5, 5.41) is 13.5. The van der Waals surface area contributed by atoms with Gasteiger partial charge in [0.05, 0.1) is 17.7 Å². The van der Waals surface area contributed by atoms with E-state index in [9.17, 15) is 18.7 Å². The zero-order valence-electron chi connectivity index (χ0n) is 19.3. The van der Waals surface area contributed by atoms with Gasteiger partial charge in [0.2, 0.25) is 5.91 Å². The lowest BCUT2D eigenvalue weighted by Gasteiger charge is -2.38. The third-order valence-corrected chi connectivity index (χ3v) is 6.49. The van der Waals surface area contributed by atoms with Crippen molar-refractivity contribution in [3.8, 4) is 0 Å². The lowest BCUT2D eigenvalue weighted by Crippen LogP contribution is -2.51. The van der Waals surface area contributed by atoms with Gasteiger partial charge in [-0.05, 0) is 30.0 Å².